The number of anilines is 1. The zero-order valence-electron chi connectivity index (χ0n) is 15.2. The maximum atomic E-state index is 5.57. The number of nitrogens with zero attached hydrogens (tertiary/aromatic N) is 1. The highest BCUT2D eigenvalue weighted by atomic mass is 32.1. The van der Waals surface area contributed by atoms with Crippen molar-refractivity contribution in [3.63, 3.8) is 0 Å². The van der Waals surface area contributed by atoms with Crippen LogP contribution in [0.25, 0.3) is 0 Å². The summed E-state index contributed by atoms with van der Waals surface area (Å²) >= 11 is 5.57. The minimum atomic E-state index is 0.507. The topological polar surface area (TPSA) is 27.3 Å². The van der Waals surface area contributed by atoms with Crippen molar-refractivity contribution in [3.8, 4) is 0 Å². The van der Waals surface area contributed by atoms with Gasteiger partial charge in [-0.3, -0.25) is 4.90 Å². The minimum Gasteiger partial charge on any atom is -0.360 e. The lowest BCUT2D eigenvalue weighted by molar-refractivity contribution is 0.0191. The number of hydrogen-bond donors (Lipinski definition) is 2. The average molecular weight is 346 g/mol. The van der Waals surface area contributed by atoms with Gasteiger partial charge in [-0.15, -0.1) is 0 Å². The Morgan fingerprint density at radius 1 is 1.21 bits per heavy atom. The van der Waals surface area contributed by atoms with Crippen LogP contribution in [0.5, 0.6) is 0 Å². The Bertz CT molecular complexity index is 558. The fourth-order valence-electron chi connectivity index (χ4n) is 4.37. The molecule has 2 aliphatic heterocycles. The molecule has 2 N–H and O–H groups in total. The molecule has 2 bridgehead atoms. The van der Waals surface area contributed by atoms with E-state index in [0.29, 0.717) is 6.04 Å². The Balaban J connectivity index is 1.57. The number of hydrogen-bond acceptors (Lipinski definition) is 2. The predicted molar refractivity (Wildman–Crippen MR) is 107 cm³/mol. The molecule has 1 aromatic rings. The third-order valence-electron chi connectivity index (χ3n) is 5.43. The molecule has 3 nitrogen and oxygen atoms in total. The second-order valence-corrected chi connectivity index (χ2v) is 8.32. The lowest BCUT2D eigenvalue weighted by Crippen LogP contribution is -2.58. The summed E-state index contributed by atoms with van der Waals surface area (Å²) < 4.78 is 0. The molecule has 2 fully saturated rings. The van der Waals surface area contributed by atoms with Crippen molar-refractivity contribution in [1.82, 2.24) is 10.2 Å². The molecule has 3 rings (SSSR count). The lowest BCUT2D eigenvalue weighted by Gasteiger charge is -2.49. The normalized spacial score (nSPS) is 27.1. The van der Waals surface area contributed by atoms with Crippen molar-refractivity contribution >= 4 is 23.0 Å². The molecule has 2 aliphatic rings. The van der Waals surface area contributed by atoms with Gasteiger partial charge in [-0.1, -0.05) is 38.5 Å². The molecule has 0 radical (unpaired) electrons. The van der Waals surface area contributed by atoms with Crippen LogP contribution in [0.1, 0.15) is 51.5 Å². The molecule has 24 heavy (non-hydrogen) atoms. The maximum Gasteiger partial charge on any atom is 0.171 e. The van der Waals surface area contributed by atoms with Gasteiger partial charge in [-0.25, -0.2) is 0 Å². The first-order valence-electron chi connectivity index (χ1n) is 9.42. The molecular formula is C20H31N3S. The Morgan fingerprint density at radius 3 is 2.50 bits per heavy atom. The van der Waals surface area contributed by atoms with Gasteiger partial charge >= 0.3 is 0 Å². The summed E-state index contributed by atoms with van der Waals surface area (Å²) in [5.74, 6) is 0.751. The van der Waals surface area contributed by atoms with Gasteiger partial charge in [-0.2, -0.15) is 0 Å². The SMILES string of the molecule is Cc1ccccc1NC(=S)NC1C[C@H]2CCC[C@@H](C1)N2CC(C)C. The van der Waals surface area contributed by atoms with E-state index in [-0.39, 0.29) is 0 Å². The van der Waals surface area contributed by atoms with Gasteiger partial charge in [0.15, 0.2) is 5.11 Å². The highest BCUT2D eigenvalue weighted by Gasteiger charge is 2.38. The number of rotatable bonds is 4. The Kier molecular flexibility index (Phi) is 5.77. The predicted octanol–water partition coefficient (Wildman–Crippen LogP) is 4.32. The molecular weight excluding hydrogens is 314 g/mol. The fourth-order valence-corrected chi connectivity index (χ4v) is 4.65. The number of para-hydroxylation sites is 1. The van der Waals surface area contributed by atoms with Crippen LogP contribution in [-0.4, -0.2) is 34.7 Å². The Morgan fingerprint density at radius 2 is 1.88 bits per heavy atom. The summed E-state index contributed by atoms with van der Waals surface area (Å²) in [6, 6.07) is 10.3. The monoisotopic (exact) mass is 345 g/mol. The summed E-state index contributed by atoms with van der Waals surface area (Å²) in [7, 11) is 0. The molecule has 4 heteroatoms. The van der Waals surface area contributed by atoms with Gasteiger partial charge < -0.3 is 10.6 Å². The number of piperidine rings is 2. The molecule has 2 heterocycles. The summed E-state index contributed by atoms with van der Waals surface area (Å²) in [6.45, 7) is 8.02. The van der Waals surface area contributed by atoms with Crippen LogP contribution in [0.4, 0.5) is 5.69 Å². The van der Waals surface area contributed by atoms with Crippen LogP contribution >= 0.6 is 12.2 Å². The van der Waals surface area contributed by atoms with E-state index in [9.17, 15) is 0 Å². The molecule has 0 saturated carbocycles. The summed E-state index contributed by atoms with van der Waals surface area (Å²) in [5.41, 5.74) is 2.33. The quantitative estimate of drug-likeness (QED) is 0.795. The average Bonchev–Trinajstić information content (AvgIpc) is 2.50. The summed E-state index contributed by atoms with van der Waals surface area (Å²) in [6.07, 6.45) is 6.53. The van der Waals surface area contributed by atoms with Crippen molar-refractivity contribution in [3.05, 3.63) is 29.8 Å². The number of aryl methyl sites for hydroxylation is 1. The standard InChI is InChI=1S/C20H31N3S/c1-14(2)13-23-17-8-6-9-18(23)12-16(11-17)21-20(24)22-19-10-5-4-7-15(19)3/h4-5,7,10,14,16-18H,6,8-9,11-13H2,1-3H3,(H2,21,22,24)/t16?,17-,18+. The van der Waals surface area contributed by atoms with Crippen LogP contribution < -0.4 is 10.6 Å². The fraction of sp³-hybridized carbons (Fsp3) is 0.650. The first-order valence-corrected chi connectivity index (χ1v) is 9.82. The zero-order chi connectivity index (χ0) is 17.1. The number of nitrogens with one attached hydrogen (secondary N) is 2. The molecule has 3 atom stereocenters. The Hall–Kier alpha value is -1.13. The van der Waals surface area contributed by atoms with E-state index in [0.717, 1.165) is 28.8 Å². The highest BCUT2D eigenvalue weighted by molar-refractivity contribution is 7.80. The largest absolute Gasteiger partial charge is 0.360 e. The molecule has 1 aromatic carbocycles. The molecule has 1 unspecified atom stereocenters. The van der Waals surface area contributed by atoms with Crippen molar-refractivity contribution in [2.75, 3.05) is 11.9 Å². The van der Waals surface area contributed by atoms with Crippen molar-refractivity contribution in [1.29, 1.82) is 0 Å². The molecule has 0 spiro atoms. The third kappa shape index (κ3) is 4.28. The maximum absolute atomic E-state index is 5.57. The number of benzene rings is 1. The minimum absolute atomic E-state index is 0.507. The van der Waals surface area contributed by atoms with E-state index in [1.165, 1.54) is 44.2 Å². The zero-order valence-corrected chi connectivity index (χ0v) is 16.0. The third-order valence-corrected chi connectivity index (χ3v) is 5.65. The first-order chi connectivity index (χ1) is 11.5. The molecule has 0 aromatic heterocycles. The second-order valence-electron chi connectivity index (χ2n) is 7.91. The van der Waals surface area contributed by atoms with E-state index >= 15 is 0 Å². The number of fused-ring (bicyclic) bond motifs is 2. The van der Waals surface area contributed by atoms with Gasteiger partial charge in [0.1, 0.15) is 0 Å². The lowest BCUT2D eigenvalue weighted by atomic mass is 9.81. The van der Waals surface area contributed by atoms with Crippen LogP contribution in [0.2, 0.25) is 0 Å². The van der Waals surface area contributed by atoms with Crippen LogP contribution in [0.15, 0.2) is 24.3 Å². The second kappa shape index (κ2) is 7.83. The molecule has 132 valence electrons. The first kappa shape index (κ1) is 17.7. The van der Waals surface area contributed by atoms with Gasteiger partial charge in [0.2, 0.25) is 0 Å². The van der Waals surface area contributed by atoms with Crippen molar-refractivity contribution in [2.24, 2.45) is 5.92 Å². The smallest absolute Gasteiger partial charge is 0.171 e. The Labute approximate surface area is 152 Å². The van der Waals surface area contributed by atoms with E-state index in [1.54, 1.807) is 0 Å². The van der Waals surface area contributed by atoms with E-state index < -0.39 is 0 Å². The summed E-state index contributed by atoms with van der Waals surface area (Å²) in [4.78, 5) is 2.78. The molecule has 0 aliphatic carbocycles. The number of thiocarbonyl (C=S) groups is 1. The molecule has 2 saturated heterocycles. The van der Waals surface area contributed by atoms with Gasteiger partial charge in [0, 0.05) is 30.4 Å². The van der Waals surface area contributed by atoms with Crippen LogP contribution in [-0.2, 0) is 0 Å². The molecule has 0 amide bonds. The van der Waals surface area contributed by atoms with E-state index in [1.807, 2.05) is 6.07 Å². The van der Waals surface area contributed by atoms with Gasteiger partial charge in [-0.05, 0) is 62.4 Å². The van der Waals surface area contributed by atoms with Crippen molar-refractivity contribution in [2.45, 2.75) is 71.0 Å². The summed E-state index contributed by atoms with van der Waals surface area (Å²) in [5, 5.41) is 7.73. The van der Waals surface area contributed by atoms with Gasteiger partial charge in [0.05, 0.1) is 0 Å². The van der Waals surface area contributed by atoms with Gasteiger partial charge in [0.25, 0.3) is 0 Å². The van der Waals surface area contributed by atoms with E-state index in [2.05, 4.69) is 54.5 Å². The van der Waals surface area contributed by atoms with Crippen molar-refractivity contribution < 1.29 is 0 Å². The van der Waals surface area contributed by atoms with Crippen LogP contribution in [0, 0.1) is 12.8 Å². The van der Waals surface area contributed by atoms with Crippen LogP contribution in [0.3, 0.4) is 0 Å². The van der Waals surface area contributed by atoms with E-state index in [4.69, 9.17) is 12.2 Å². The highest BCUT2D eigenvalue weighted by Crippen LogP contribution is 2.34.